The van der Waals surface area contributed by atoms with Gasteiger partial charge in [0.15, 0.2) is 0 Å². The molecular formula is C10H16N2O3. The second-order valence-corrected chi connectivity index (χ2v) is 3.98. The summed E-state index contributed by atoms with van der Waals surface area (Å²) in [4.78, 5) is 33.2. The summed E-state index contributed by atoms with van der Waals surface area (Å²) in [7, 11) is 0. The lowest BCUT2D eigenvalue weighted by Crippen LogP contribution is -2.49. The summed E-state index contributed by atoms with van der Waals surface area (Å²) in [5.74, 6) is -0.850. The van der Waals surface area contributed by atoms with Gasteiger partial charge >= 0.3 is 0 Å². The number of nitrogens with one attached hydrogen (secondary N) is 1. The Labute approximate surface area is 88.4 Å². The van der Waals surface area contributed by atoms with E-state index >= 15 is 0 Å². The minimum atomic E-state index is -0.702. The van der Waals surface area contributed by atoms with E-state index in [1.807, 2.05) is 0 Å². The van der Waals surface area contributed by atoms with Crippen LogP contribution in [0.2, 0.25) is 0 Å². The molecule has 2 atom stereocenters. The van der Waals surface area contributed by atoms with Crippen LogP contribution in [0.1, 0.15) is 32.6 Å². The lowest BCUT2D eigenvalue weighted by molar-refractivity contribution is -0.129. The topological polar surface area (TPSA) is 89.3 Å². The number of hydrogen-bond acceptors (Lipinski definition) is 3. The molecule has 1 fully saturated rings. The minimum absolute atomic E-state index is 0.132. The van der Waals surface area contributed by atoms with Gasteiger partial charge in [0.2, 0.25) is 11.8 Å². The van der Waals surface area contributed by atoms with Crippen LogP contribution < -0.4 is 11.1 Å². The average molecular weight is 212 g/mol. The zero-order chi connectivity index (χ0) is 11.4. The number of nitrogens with two attached hydrogens (primary N) is 1. The summed E-state index contributed by atoms with van der Waals surface area (Å²) in [5.41, 5.74) is 5.20. The zero-order valence-electron chi connectivity index (χ0n) is 8.79. The molecule has 0 aliphatic heterocycles. The molecule has 1 aliphatic carbocycles. The summed E-state index contributed by atoms with van der Waals surface area (Å²) in [6.07, 6.45) is 2.45. The first kappa shape index (κ1) is 11.7. The molecule has 5 heteroatoms. The van der Waals surface area contributed by atoms with Crippen LogP contribution in [-0.2, 0) is 14.4 Å². The van der Waals surface area contributed by atoms with E-state index in [9.17, 15) is 14.4 Å². The molecule has 3 N–H and O–H groups in total. The van der Waals surface area contributed by atoms with Crippen LogP contribution >= 0.6 is 0 Å². The van der Waals surface area contributed by atoms with Gasteiger partial charge in [0.05, 0.1) is 0 Å². The lowest BCUT2D eigenvalue weighted by Gasteiger charge is -2.27. The SMILES string of the molecule is CC(=O)N[C@H](C(N)=O)[C@H]1CCCC(=O)C1. The van der Waals surface area contributed by atoms with Crippen molar-refractivity contribution < 1.29 is 14.4 Å². The van der Waals surface area contributed by atoms with Gasteiger partial charge in [-0.2, -0.15) is 0 Å². The van der Waals surface area contributed by atoms with Gasteiger partial charge in [-0.3, -0.25) is 14.4 Å². The minimum Gasteiger partial charge on any atom is -0.368 e. The molecule has 0 heterocycles. The molecule has 0 unspecified atom stereocenters. The highest BCUT2D eigenvalue weighted by Gasteiger charge is 2.31. The maximum Gasteiger partial charge on any atom is 0.240 e. The normalized spacial score (nSPS) is 23.3. The van der Waals surface area contributed by atoms with Gasteiger partial charge < -0.3 is 11.1 Å². The fraction of sp³-hybridized carbons (Fsp3) is 0.700. The first-order valence-electron chi connectivity index (χ1n) is 5.09. The molecule has 2 amide bonds. The van der Waals surface area contributed by atoms with Gasteiger partial charge in [-0.05, 0) is 18.8 Å². The van der Waals surface area contributed by atoms with E-state index in [1.54, 1.807) is 0 Å². The van der Waals surface area contributed by atoms with Crippen molar-refractivity contribution in [3.8, 4) is 0 Å². The van der Waals surface area contributed by atoms with Gasteiger partial charge in [-0.25, -0.2) is 0 Å². The Kier molecular flexibility index (Phi) is 3.82. The Hall–Kier alpha value is -1.39. The van der Waals surface area contributed by atoms with E-state index in [0.29, 0.717) is 12.8 Å². The van der Waals surface area contributed by atoms with Crippen LogP contribution in [0.5, 0.6) is 0 Å². The van der Waals surface area contributed by atoms with Crippen molar-refractivity contribution in [3.63, 3.8) is 0 Å². The number of carbonyl (C=O) groups excluding carboxylic acids is 3. The molecule has 0 aromatic carbocycles. The van der Waals surface area contributed by atoms with Gasteiger partial charge in [0.1, 0.15) is 11.8 Å². The highest BCUT2D eigenvalue weighted by molar-refractivity contribution is 5.87. The Morgan fingerprint density at radius 3 is 2.67 bits per heavy atom. The van der Waals surface area contributed by atoms with Crippen molar-refractivity contribution >= 4 is 17.6 Å². The quantitative estimate of drug-likeness (QED) is 0.675. The van der Waals surface area contributed by atoms with Gasteiger partial charge in [0, 0.05) is 19.8 Å². The van der Waals surface area contributed by atoms with Crippen molar-refractivity contribution in [1.82, 2.24) is 5.32 Å². The number of primary amides is 1. The largest absolute Gasteiger partial charge is 0.368 e. The number of amides is 2. The number of hydrogen-bond donors (Lipinski definition) is 2. The zero-order valence-corrected chi connectivity index (χ0v) is 8.79. The molecule has 1 rings (SSSR count). The maximum absolute atomic E-state index is 11.2. The van der Waals surface area contributed by atoms with Gasteiger partial charge in [0.25, 0.3) is 0 Å². The highest BCUT2D eigenvalue weighted by Crippen LogP contribution is 2.24. The molecule has 1 aliphatic rings. The van der Waals surface area contributed by atoms with Crippen LogP contribution in [0, 0.1) is 5.92 Å². The summed E-state index contributed by atoms with van der Waals surface area (Å²) in [6.45, 7) is 1.33. The third-order valence-corrected chi connectivity index (χ3v) is 2.66. The van der Waals surface area contributed by atoms with Crippen LogP contribution in [0.25, 0.3) is 0 Å². The van der Waals surface area contributed by atoms with Gasteiger partial charge in [-0.1, -0.05) is 0 Å². The first-order valence-corrected chi connectivity index (χ1v) is 5.09. The van der Waals surface area contributed by atoms with Crippen molar-refractivity contribution in [1.29, 1.82) is 0 Å². The second kappa shape index (κ2) is 4.91. The monoisotopic (exact) mass is 212 g/mol. The first-order chi connectivity index (χ1) is 7.00. The Morgan fingerprint density at radius 2 is 2.20 bits per heavy atom. The van der Waals surface area contributed by atoms with Crippen LogP contribution in [0.3, 0.4) is 0 Å². The average Bonchev–Trinajstić information content (AvgIpc) is 2.13. The number of ketones is 1. The van der Waals surface area contributed by atoms with E-state index in [0.717, 1.165) is 12.8 Å². The molecule has 0 spiro atoms. The highest BCUT2D eigenvalue weighted by atomic mass is 16.2. The fourth-order valence-electron chi connectivity index (χ4n) is 1.98. The van der Waals surface area contributed by atoms with Crippen LogP contribution in [0.4, 0.5) is 0 Å². The van der Waals surface area contributed by atoms with Crippen molar-refractivity contribution in [2.24, 2.45) is 11.7 Å². The predicted molar refractivity (Wildman–Crippen MR) is 53.8 cm³/mol. The molecular weight excluding hydrogens is 196 g/mol. The van der Waals surface area contributed by atoms with E-state index in [1.165, 1.54) is 6.92 Å². The summed E-state index contributed by atoms with van der Waals surface area (Å²) >= 11 is 0. The Balaban J connectivity index is 2.66. The Bertz CT molecular complexity index is 288. The molecule has 0 radical (unpaired) electrons. The number of carbonyl (C=O) groups is 3. The Morgan fingerprint density at radius 1 is 1.53 bits per heavy atom. The summed E-state index contributed by atoms with van der Waals surface area (Å²) in [5, 5.41) is 2.50. The summed E-state index contributed by atoms with van der Waals surface area (Å²) in [6, 6.07) is -0.702. The third kappa shape index (κ3) is 3.34. The van der Waals surface area contributed by atoms with E-state index in [-0.39, 0.29) is 17.6 Å². The molecule has 0 saturated heterocycles. The number of Topliss-reactive ketones (excluding diaryl/α,β-unsaturated/α-hetero) is 1. The van der Waals surface area contributed by atoms with E-state index < -0.39 is 11.9 Å². The fourth-order valence-corrected chi connectivity index (χ4v) is 1.98. The molecule has 5 nitrogen and oxygen atoms in total. The molecule has 84 valence electrons. The molecule has 15 heavy (non-hydrogen) atoms. The van der Waals surface area contributed by atoms with Crippen molar-refractivity contribution in [2.75, 3.05) is 0 Å². The molecule has 1 saturated carbocycles. The maximum atomic E-state index is 11.2. The second-order valence-electron chi connectivity index (χ2n) is 3.98. The van der Waals surface area contributed by atoms with E-state index in [2.05, 4.69) is 5.32 Å². The lowest BCUT2D eigenvalue weighted by atomic mass is 9.83. The van der Waals surface area contributed by atoms with Gasteiger partial charge in [-0.15, -0.1) is 0 Å². The molecule has 0 bridgehead atoms. The van der Waals surface area contributed by atoms with Crippen LogP contribution in [0.15, 0.2) is 0 Å². The number of rotatable bonds is 3. The smallest absolute Gasteiger partial charge is 0.240 e. The molecule has 0 aromatic heterocycles. The van der Waals surface area contributed by atoms with Crippen molar-refractivity contribution in [2.45, 2.75) is 38.6 Å². The van der Waals surface area contributed by atoms with Crippen LogP contribution in [-0.4, -0.2) is 23.6 Å². The van der Waals surface area contributed by atoms with E-state index in [4.69, 9.17) is 5.73 Å². The predicted octanol–water partition coefficient (Wildman–Crippen LogP) is -0.264. The summed E-state index contributed by atoms with van der Waals surface area (Å²) < 4.78 is 0. The van der Waals surface area contributed by atoms with Crippen molar-refractivity contribution in [3.05, 3.63) is 0 Å². The standard InChI is InChI=1S/C10H16N2O3/c1-6(13)12-9(10(11)15)7-3-2-4-8(14)5-7/h7,9H,2-5H2,1H3,(H2,11,15)(H,12,13)/t7-,9-/m0/s1. The third-order valence-electron chi connectivity index (χ3n) is 2.66. The molecule has 0 aromatic rings.